The van der Waals surface area contributed by atoms with Crippen molar-refractivity contribution >= 4 is 18.2 Å². The molecule has 0 bridgehead atoms. The predicted octanol–water partition coefficient (Wildman–Crippen LogP) is 2.86. The van der Waals surface area contributed by atoms with Crippen LogP contribution in [0.1, 0.15) is 5.56 Å². The fraction of sp³-hybridized carbons (Fsp3) is 0.538. The highest BCUT2D eigenvalue weighted by Gasteiger charge is 2.34. The molecule has 7 heteroatoms. The molecule has 20 heavy (non-hydrogen) atoms. The number of ether oxygens (including phenoxy) is 2. The molecule has 1 aromatic rings. The molecular formula is C13H17O5PS. The fourth-order valence-corrected chi connectivity index (χ4v) is 4.77. The topological polar surface area (TPSA) is 60.6 Å². The molecule has 2 heterocycles. The molecule has 0 aromatic heterocycles. The normalized spacial score (nSPS) is 27.0. The Kier molecular flexibility index (Phi) is 4.81. The first-order valence-corrected chi connectivity index (χ1v) is 9.68. The smallest absolute Gasteiger partial charge is 0.372 e. The molecule has 5 nitrogen and oxygen atoms in total. The molecule has 3 rings (SSSR count). The van der Waals surface area contributed by atoms with Gasteiger partial charge in [0.2, 0.25) is 0 Å². The number of benzene rings is 1. The standard InChI is InChI=1S/C13H17O5PS/c14-19(18-9-12-7-15-12,20-10-13-8-16-13)17-6-11-4-2-1-3-5-11/h1-5,12-13H,6-10H2. The van der Waals surface area contributed by atoms with Gasteiger partial charge in [0.1, 0.15) is 6.10 Å². The Hall–Kier alpha value is -0.360. The van der Waals surface area contributed by atoms with Crippen LogP contribution in [0.3, 0.4) is 0 Å². The summed E-state index contributed by atoms with van der Waals surface area (Å²) in [7, 11) is 0. The van der Waals surface area contributed by atoms with Crippen LogP contribution in [-0.4, -0.2) is 37.8 Å². The molecular weight excluding hydrogens is 299 g/mol. The number of hydrogen-bond donors (Lipinski definition) is 0. The van der Waals surface area contributed by atoms with Crippen LogP contribution in [0.25, 0.3) is 0 Å². The molecule has 2 fully saturated rings. The third kappa shape index (κ3) is 4.88. The molecule has 0 amide bonds. The lowest BCUT2D eigenvalue weighted by Gasteiger charge is -2.17. The number of rotatable bonds is 9. The van der Waals surface area contributed by atoms with Crippen LogP contribution in [0, 0.1) is 0 Å². The molecule has 0 radical (unpaired) electrons. The van der Waals surface area contributed by atoms with Gasteiger partial charge in [-0.15, -0.1) is 0 Å². The molecule has 2 saturated heterocycles. The third-order valence-electron chi connectivity index (χ3n) is 2.87. The fourth-order valence-electron chi connectivity index (χ4n) is 1.52. The quantitative estimate of drug-likeness (QED) is 0.516. The Bertz CT molecular complexity index is 455. The van der Waals surface area contributed by atoms with Crippen LogP contribution >= 0.6 is 18.2 Å². The first-order chi connectivity index (χ1) is 9.73. The summed E-state index contributed by atoms with van der Waals surface area (Å²) >= 11 is 1.21. The van der Waals surface area contributed by atoms with Crippen LogP contribution in [0.5, 0.6) is 0 Å². The lowest BCUT2D eigenvalue weighted by molar-refractivity contribution is 0.197. The largest absolute Gasteiger partial charge is 0.389 e. The SMILES string of the molecule is O=P(OCc1ccccc1)(OCC1CO1)SCC1CO1. The summed E-state index contributed by atoms with van der Waals surface area (Å²) < 4.78 is 33.9. The Morgan fingerprint density at radius 3 is 2.50 bits per heavy atom. The van der Waals surface area contributed by atoms with E-state index in [2.05, 4.69) is 0 Å². The van der Waals surface area contributed by atoms with Gasteiger partial charge >= 0.3 is 6.80 Å². The van der Waals surface area contributed by atoms with Crippen molar-refractivity contribution in [3.05, 3.63) is 35.9 Å². The minimum Gasteiger partial charge on any atom is -0.372 e. The van der Waals surface area contributed by atoms with Gasteiger partial charge in [0.15, 0.2) is 0 Å². The summed E-state index contributed by atoms with van der Waals surface area (Å²) in [4.78, 5) is 0. The Balaban J connectivity index is 1.53. The molecule has 0 N–H and O–H groups in total. The average Bonchev–Trinajstić information content (AvgIpc) is 3.37. The van der Waals surface area contributed by atoms with Gasteiger partial charge in [0.05, 0.1) is 32.5 Å². The van der Waals surface area contributed by atoms with Gasteiger partial charge in [-0.2, -0.15) is 0 Å². The Morgan fingerprint density at radius 1 is 1.15 bits per heavy atom. The van der Waals surface area contributed by atoms with Crippen LogP contribution < -0.4 is 0 Å². The minimum absolute atomic E-state index is 0.0708. The highest BCUT2D eigenvalue weighted by molar-refractivity contribution is 8.55. The van der Waals surface area contributed by atoms with E-state index in [4.69, 9.17) is 18.5 Å². The van der Waals surface area contributed by atoms with Crippen molar-refractivity contribution < 1.29 is 23.1 Å². The summed E-state index contributed by atoms with van der Waals surface area (Å²) in [5.74, 6) is 0.636. The van der Waals surface area contributed by atoms with Crippen LogP contribution in [0.2, 0.25) is 0 Å². The van der Waals surface area contributed by atoms with E-state index in [9.17, 15) is 4.57 Å². The molecule has 3 atom stereocenters. The lowest BCUT2D eigenvalue weighted by atomic mass is 10.2. The maximum atomic E-state index is 12.7. The molecule has 3 unspecified atom stereocenters. The van der Waals surface area contributed by atoms with E-state index < -0.39 is 6.80 Å². The van der Waals surface area contributed by atoms with Gasteiger partial charge in [-0.1, -0.05) is 30.3 Å². The predicted molar refractivity (Wildman–Crippen MR) is 76.7 cm³/mol. The van der Waals surface area contributed by atoms with E-state index >= 15 is 0 Å². The second kappa shape index (κ2) is 6.60. The first-order valence-electron chi connectivity index (χ1n) is 6.54. The van der Waals surface area contributed by atoms with Crippen LogP contribution in [0.15, 0.2) is 30.3 Å². The van der Waals surface area contributed by atoms with Crippen molar-refractivity contribution in [1.29, 1.82) is 0 Å². The molecule has 2 aliphatic rings. The third-order valence-corrected chi connectivity index (χ3v) is 6.65. The minimum atomic E-state index is -3.16. The van der Waals surface area contributed by atoms with E-state index in [1.165, 1.54) is 11.4 Å². The van der Waals surface area contributed by atoms with Gasteiger partial charge in [0, 0.05) is 5.75 Å². The second-order valence-electron chi connectivity index (χ2n) is 4.71. The Labute approximate surface area is 122 Å². The van der Waals surface area contributed by atoms with Gasteiger partial charge in [0.25, 0.3) is 0 Å². The summed E-state index contributed by atoms with van der Waals surface area (Å²) in [5.41, 5.74) is 0.974. The zero-order valence-electron chi connectivity index (χ0n) is 11.0. The van der Waals surface area contributed by atoms with Crippen LogP contribution in [-0.2, 0) is 29.7 Å². The van der Waals surface area contributed by atoms with Crippen molar-refractivity contribution in [1.82, 2.24) is 0 Å². The highest BCUT2D eigenvalue weighted by Crippen LogP contribution is 2.62. The van der Waals surface area contributed by atoms with E-state index in [1.807, 2.05) is 30.3 Å². The van der Waals surface area contributed by atoms with Crippen molar-refractivity contribution in [2.45, 2.75) is 18.8 Å². The van der Waals surface area contributed by atoms with Crippen molar-refractivity contribution in [2.24, 2.45) is 0 Å². The highest BCUT2D eigenvalue weighted by atomic mass is 32.7. The summed E-state index contributed by atoms with van der Waals surface area (Å²) in [6, 6.07) is 9.65. The van der Waals surface area contributed by atoms with Gasteiger partial charge in [-0.25, -0.2) is 4.57 Å². The summed E-state index contributed by atoms with van der Waals surface area (Å²) in [6.07, 6.45) is 0.260. The van der Waals surface area contributed by atoms with Crippen LogP contribution in [0.4, 0.5) is 0 Å². The molecule has 0 aliphatic carbocycles. The second-order valence-corrected chi connectivity index (χ2v) is 8.83. The average molecular weight is 316 g/mol. The zero-order valence-corrected chi connectivity index (χ0v) is 12.7. The molecule has 0 saturated carbocycles. The lowest BCUT2D eigenvalue weighted by Crippen LogP contribution is -2.02. The monoisotopic (exact) mass is 316 g/mol. The van der Waals surface area contributed by atoms with E-state index in [-0.39, 0.29) is 18.8 Å². The number of hydrogen-bond acceptors (Lipinski definition) is 6. The van der Waals surface area contributed by atoms with E-state index in [0.717, 1.165) is 12.2 Å². The zero-order chi connectivity index (χ0) is 13.8. The van der Waals surface area contributed by atoms with Gasteiger partial charge < -0.3 is 9.47 Å². The van der Waals surface area contributed by atoms with Crippen molar-refractivity contribution in [3.63, 3.8) is 0 Å². The van der Waals surface area contributed by atoms with Gasteiger partial charge in [-0.3, -0.25) is 9.05 Å². The summed E-state index contributed by atoms with van der Waals surface area (Å²) in [5, 5.41) is 0. The van der Waals surface area contributed by atoms with Crippen molar-refractivity contribution in [2.75, 3.05) is 25.6 Å². The van der Waals surface area contributed by atoms with E-state index in [1.54, 1.807) is 0 Å². The first kappa shape index (κ1) is 14.6. The summed E-state index contributed by atoms with van der Waals surface area (Å²) in [6.45, 7) is -1.14. The molecule has 1 aromatic carbocycles. The molecule has 0 spiro atoms. The number of epoxide rings is 2. The maximum absolute atomic E-state index is 12.7. The molecule has 110 valence electrons. The van der Waals surface area contributed by atoms with E-state index in [0.29, 0.717) is 19.0 Å². The maximum Gasteiger partial charge on any atom is 0.389 e. The van der Waals surface area contributed by atoms with Gasteiger partial charge in [-0.05, 0) is 16.9 Å². The van der Waals surface area contributed by atoms with Crippen molar-refractivity contribution in [3.8, 4) is 0 Å². The molecule has 2 aliphatic heterocycles. The Morgan fingerprint density at radius 2 is 1.85 bits per heavy atom.